The van der Waals surface area contributed by atoms with Crippen LogP contribution in [0.5, 0.6) is 17.2 Å². The van der Waals surface area contributed by atoms with Gasteiger partial charge in [-0.25, -0.2) is 0 Å². The van der Waals surface area contributed by atoms with Crippen LogP contribution in [-0.2, 0) is 6.54 Å². The van der Waals surface area contributed by atoms with Crippen molar-refractivity contribution in [1.82, 2.24) is 10.00 Å². The smallest absolute Gasteiger partial charge is 0.246 e. The highest BCUT2D eigenvalue weighted by molar-refractivity contribution is 6.03. The second-order valence-corrected chi connectivity index (χ2v) is 8.31. The molecule has 1 N–H and O–H groups in total. The van der Waals surface area contributed by atoms with Crippen LogP contribution in [-0.4, -0.2) is 35.2 Å². The van der Waals surface area contributed by atoms with Gasteiger partial charge in [0.25, 0.3) is 0 Å². The Kier molecular flexibility index (Phi) is 4.17. The second kappa shape index (κ2) is 6.63. The van der Waals surface area contributed by atoms with Gasteiger partial charge in [-0.3, -0.25) is 4.90 Å². The fraction of sp³-hybridized carbons (Fsp3) is 0.375. The normalized spacial score (nSPS) is 15.8. The van der Waals surface area contributed by atoms with Crippen LogP contribution in [0.25, 0.3) is 28.2 Å². The third-order valence-corrected chi connectivity index (χ3v) is 5.98. The van der Waals surface area contributed by atoms with E-state index >= 15 is 0 Å². The number of ether oxygens (including phenoxy) is 2. The summed E-state index contributed by atoms with van der Waals surface area (Å²) in [5.74, 6) is 2.64. The minimum atomic E-state index is -0.328. The van der Waals surface area contributed by atoms with Crippen molar-refractivity contribution in [2.75, 3.05) is 19.6 Å². The molecule has 0 bridgehead atoms. The number of nitrogens with zero attached hydrogens (tertiary/aromatic N) is 2. The van der Waals surface area contributed by atoms with E-state index < -0.39 is 0 Å². The van der Waals surface area contributed by atoms with Crippen LogP contribution >= 0.6 is 0 Å². The van der Waals surface area contributed by atoms with Crippen LogP contribution in [0.1, 0.15) is 33.3 Å². The van der Waals surface area contributed by atoms with E-state index in [0.29, 0.717) is 0 Å². The Morgan fingerprint density at radius 2 is 1.90 bits per heavy atom. The molecule has 0 atom stereocenters. The Morgan fingerprint density at radius 3 is 2.69 bits per heavy atom. The van der Waals surface area contributed by atoms with Crippen molar-refractivity contribution in [3.05, 3.63) is 42.0 Å². The molecule has 0 unspecified atom stereocenters. The van der Waals surface area contributed by atoms with Gasteiger partial charge in [0.1, 0.15) is 28.2 Å². The van der Waals surface area contributed by atoms with E-state index in [-0.39, 0.29) is 5.60 Å². The summed E-state index contributed by atoms with van der Waals surface area (Å²) in [5.41, 5.74) is 4.04. The van der Waals surface area contributed by atoms with Gasteiger partial charge in [0.15, 0.2) is 12.3 Å². The molecule has 3 heterocycles. The first-order valence-electron chi connectivity index (χ1n) is 10.5. The number of para-hydroxylation sites is 1. The van der Waals surface area contributed by atoms with Crippen molar-refractivity contribution in [3.63, 3.8) is 0 Å². The van der Waals surface area contributed by atoms with Crippen LogP contribution in [0.4, 0.5) is 0 Å². The van der Waals surface area contributed by atoms with E-state index in [9.17, 15) is 0 Å². The molecule has 0 saturated heterocycles. The number of nitrogens with one attached hydrogen (secondary N) is 1. The van der Waals surface area contributed by atoms with Gasteiger partial charge in [-0.05, 0) is 51.2 Å². The van der Waals surface area contributed by atoms with Gasteiger partial charge in [0.05, 0.1) is 18.2 Å². The highest BCUT2D eigenvalue weighted by Crippen LogP contribution is 2.50. The van der Waals surface area contributed by atoms with Crippen molar-refractivity contribution in [2.45, 2.75) is 39.8 Å². The first kappa shape index (κ1) is 18.3. The maximum absolute atomic E-state index is 6.42. The number of aromatic nitrogens is 2. The number of benzene rings is 2. The van der Waals surface area contributed by atoms with E-state index in [1.165, 1.54) is 0 Å². The lowest BCUT2D eigenvalue weighted by molar-refractivity contribution is -0.725. The van der Waals surface area contributed by atoms with Crippen molar-refractivity contribution in [3.8, 4) is 28.5 Å². The number of fused-ring (bicyclic) bond motifs is 4. The van der Waals surface area contributed by atoms with Crippen LogP contribution in [0.2, 0.25) is 0 Å². The summed E-state index contributed by atoms with van der Waals surface area (Å²) in [4.78, 5) is 2.44. The molecular formula is C24H28N3O2+. The molecule has 2 aliphatic heterocycles. The van der Waals surface area contributed by atoms with Gasteiger partial charge in [0, 0.05) is 5.56 Å². The quantitative estimate of drug-likeness (QED) is 0.500. The van der Waals surface area contributed by atoms with Crippen molar-refractivity contribution >= 4 is 17.0 Å². The summed E-state index contributed by atoms with van der Waals surface area (Å²) < 4.78 is 15.0. The second-order valence-electron chi connectivity index (χ2n) is 8.31. The SMILES string of the molecule is CCN(CC)CC[n+]1[nH]c2c3c(c4c(cc31)OC(C)(C)C=C4)Oc1ccccc1-2. The number of aromatic amines is 1. The summed E-state index contributed by atoms with van der Waals surface area (Å²) in [7, 11) is 0. The summed E-state index contributed by atoms with van der Waals surface area (Å²) in [6.45, 7) is 12.6. The Morgan fingerprint density at radius 1 is 1.10 bits per heavy atom. The van der Waals surface area contributed by atoms with Crippen LogP contribution in [0.15, 0.2) is 36.4 Å². The molecule has 2 aliphatic rings. The van der Waals surface area contributed by atoms with Crippen LogP contribution < -0.4 is 14.2 Å². The van der Waals surface area contributed by atoms with Gasteiger partial charge in [-0.15, -0.1) is 4.68 Å². The predicted octanol–water partition coefficient (Wildman–Crippen LogP) is 4.75. The predicted molar refractivity (Wildman–Crippen MR) is 116 cm³/mol. The van der Waals surface area contributed by atoms with E-state index in [4.69, 9.17) is 9.47 Å². The highest BCUT2D eigenvalue weighted by atomic mass is 16.5. The monoisotopic (exact) mass is 390 g/mol. The minimum Gasteiger partial charge on any atom is -0.483 e. The highest BCUT2D eigenvalue weighted by Gasteiger charge is 2.35. The number of H-pyrrole nitrogens is 1. The molecule has 0 spiro atoms. The standard InChI is InChI=1S/C24H27N3O2/c1-5-26(6-2)13-14-27-18-15-20-17(11-12-24(3,4)29-20)23-21(18)22(25-27)16-9-7-8-10-19(16)28-23/h7-12,15H,5-6,13-14H2,1-4H3/p+1. The molecule has 1 aromatic heterocycles. The van der Waals surface area contributed by atoms with Crippen molar-refractivity contribution in [1.29, 1.82) is 0 Å². The van der Waals surface area contributed by atoms with Gasteiger partial charge >= 0.3 is 0 Å². The summed E-state index contributed by atoms with van der Waals surface area (Å²) in [6, 6.07) is 10.4. The summed E-state index contributed by atoms with van der Waals surface area (Å²) >= 11 is 0. The van der Waals surface area contributed by atoms with Crippen LogP contribution in [0, 0.1) is 0 Å². The zero-order chi connectivity index (χ0) is 20.2. The molecular weight excluding hydrogens is 362 g/mol. The molecule has 5 heteroatoms. The molecule has 0 fully saturated rings. The molecule has 0 aliphatic carbocycles. The summed E-state index contributed by atoms with van der Waals surface area (Å²) in [6.07, 6.45) is 4.24. The zero-order valence-corrected chi connectivity index (χ0v) is 17.6. The topological polar surface area (TPSA) is 41.4 Å². The van der Waals surface area contributed by atoms with Gasteiger partial charge in [-0.1, -0.05) is 26.0 Å². The molecule has 0 amide bonds. The van der Waals surface area contributed by atoms with Gasteiger partial charge < -0.3 is 9.47 Å². The maximum Gasteiger partial charge on any atom is 0.246 e. The van der Waals surface area contributed by atoms with E-state index in [2.05, 4.69) is 72.7 Å². The fourth-order valence-electron chi connectivity index (χ4n) is 4.32. The first-order valence-corrected chi connectivity index (χ1v) is 10.5. The molecule has 29 heavy (non-hydrogen) atoms. The molecule has 2 aromatic carbocycles. The Hall–Kier alpha value is -2.79. The average Bonchev–Trinajstić information content (AvgIpc) is 3.07. The fourth-order valence-corrected chi connectivity index (χ4v) is 4.32. The van der Waals surface area contributed by atoms with Crippen molar-refractivity contribution in [2.24, 2.45) is 0 Å². The molecule has 0 radical (unpaired) electrons. The Bertz CT molecular complexity index is 1120. The largest absolute Gasteiger partial charge is 0.483 e. The van der Waals surface area contributed by atoms with Crippen LogP contribution in [0.3, 0.4) is 0 Å². The van der Waals surface area contributed by atoms with Crippen molar-refractivity contribution < 1.29 is 14.2 Å². The Balaban J connectivity index is 1.71. The van der Waals surface area contributed by atoms with Gasteiger partial charge in [0.2, 0.25) is 5.52 Å². The lowest BCUT2D eigenvalue weighted by atomic mass is 9.96. The number of rotatable bonds is 5. The number of likely N-dealkylation sites (N-methyl/N-ethyl adjacent to an activating group) is 1. The molecule has 150 valence electrons. The van der Waals surface area contributed by atoms with Gasteiger partial charge in [-0.2, -0.15) is 5.10 Å². The molecule has 5 nitrogen and oxygen atoms in total. The Labute approximate surface area is 171 Å². The molecule has 0 saturated carbocycles. The first-order chi connectivity index (χ1) is 14.0. The molecule has 3 aromatic rings. The summed E-state index contributed by atoms with van der Waals surface area (Å²) in [5, 5.41) is 4.80. The van der Waals surface area contributed by atoms with E-state index in [0.717, 1.165) is 71.2 Å². The molecule has 5 rings (SSSR count). The van der Waals surface area contributed by atoms with E-state index in [1.807, 2.05) is 12.1 Å². The van der Waals surface area contributed by atoms with E-state index in [1.54, 1.807) is 0 Å². The number of hydrogen-bond donors (Lipinski definition) is 1. The maximum atomic E-state index is 6.42. The third kappa shape index (κ3) is 2.92. The minimum absolute atomic E-state index is 0.328. The number of hydrogen-bond acceptors (Lipinski definition) is 3. The zero-order valence-electron chi connectivity index (χ0n) is 17.6. The lowest BCUT2D eigenvalue weighted by Crippen LogP contribution is -2.42. The lowest BCUT2D eigenvalue weighted by Gasteiger charge is -2.29. The third-order valence-electron chi connectivity index (χ3n) is 5.98. The average molecular weight is 391 g/mol.